The van der Waals surface area contributed by atoms with Crippen LogP contribution in [0.5, 0.6) is 0 Å². The lowest BCUT2D eigenvalue weighted by Crippen LogP contribution is -2.21. The molecule has 0 saturated heterocycles. The Kier molecular flexibility index (Phi) is 8.84. The lowest BCUT2D eigenvalue weighted by molar-refractivity contribution is -0.192. The monoisotopic (exact) mass is 476 g/mol. The smallest absolute Gasteiger partial charge is 0.475 e. The molecule has 0 aliphatic carbocycles. The van der Waals surface area contributed by atoms with Crippen LogP contribution in [0.3, 0.4) is 0 Å². The number of carbonyl (C=O) groups is 1. The summed E-state index contributed by atoms with van der Waals surface area (Å²) in [5, 5.41) is 13.3. The molecule has 0 radical (unpaired) electrons. The fraction of sp³-hybridized carbons (Fsp3) is 0.400. The number of aryl methyl sites for hydroxylation is 2. The minimum atomic E-state index is -5.08. The van der Waals surface area contributed by atoms with Crippen LogP contribution in [0.15, 0.2) is 36.5 Å². The Labute approximate surface area is 197 Å². The highest BCUT2D eigenvalue weighted by Gasteiger charge is 2.38. The van der Waals surface area contributed by atoms with Crippen molar-refractivity contribution in [1.29, 1.82) is 0 Å². The summed E-state index contributed by atoms with van der Waals surface area (Å²) in [4.78, 5) is 15.6. The number of anilines is 1. The standard InChI is InChI=1S/C23H30N4.C2HF3O2/c1-7-10-17(11-8-2)23-19-13-9-12-18(22(19)25-27(23)6)20-15-24-21(26(4)5)14-16(20)3;3-2(4,5)1(6)7/h9-10,12-15H,7-8,11H2,1-6H3;(H,6,7). The van der Waals surface area contributed by atoms with Crippen molar-refractivity contribution in [2.24, 2.45) is 7.05 Å². The van der Waals surface area contributed by atoms with Crippen LogP contribution >= 0.6 is 0 Å². The third-order valence-electron chi connectivity index (χ3n) is 5.23. The van der Waals surface area contributed by atoms with Crippen molar-refractivity contribution in [2.75, 3.05) is 19.0 Å². The van der Waals surface area contributed by atoms with Gasteiger partial charge in [-0.1, -0.05) is 44.5 Å². The molecule has 9 heteroatoms. The van der Waals surface area contributed by atoms with Gasteiger partial charge in [-0.05, 0) is 37.0 Å². The van der Waals surface area contributed by atoms with E-state index in [0.717, 1.165) is 41.7 Å². The fourth-order valence-corrected chi connectivity index (χ4v) is 3.72. The number of halogens is 3. The molecule has 2 aromatic heterocycles. The van der Waals surface area contributed by atoms with Crippen molar-refractivity contribution in [2.45, 2.75) is 46.2 Å². The van der Waals surface area contributed by atoms with Gasteiger partial charge >= 0.3 is 12.1 Å². The average molecular weight is 477 g/mol. The van der Waals surface area contributed by atoms with Crippen LogP contribution in [-0.4, -0.2) is 46.1 Å². The van der Waals surface area contributed by atoms with E-state index < -0.39 is 12.1 Å². The Hall–Kier alpha value is -3.36. The third kappa shape index (κ3) is 6.15. The van der Waals surface area contributed by atoms with E-state index in [2.05, 4.69) is 63.1 Å². The van der Waals surface area contributed by atoms with Gasteiger partial charge in [0.15, 0.2) is 0 Å². The van der Waals surface area contributed by atoms with Crippen molar-refractivity contribution in [3.8, 4) is 11.1 Å². The van der Waals surface area contributed by atoms with E-state index >= 15 is 0 Å². The first-order valence-corrected chi connectivity index (χ1v) is 11.0. The van der Waals surface area contributed by atoms with E-state index in [1.54, 1.807) is 0 Å². The predicted octanol–water partition coefficient (Wildman–Crippen LogP) is 6.24. The van der Waals surface area contributed by atoms with E-state index in [-0.39, 0.29) is 0 Å². The minimum Gasteiger partial charge on any atom is -0.475 e. The number of fused-ring (bicyclic) bond motifs is 1. The van der Waals surface area contributed by atoms with Gasteiger partial charge in [0.2, 0.25) is 0 Å². The Morgan fingerprint density at radius 3 is 2.35 bits per heavy atom. The van der Waals surface area contributed by atoms with Crippen molar-refractivity contribution in [1.82, 2.24) is 14.8 Å². The number of aromatic nitrogens is 3. The molecule has 0 unspecified atom stereocenters. The van der Waals surface area contributed by atoms with Gasteiger partial charge in [-0.15, -0.1) is 0 Å². The maximum absolute atomic E-state index is 10.6. The van der Waals surface area contributed by atoms with E-state index in [4.69, 9.17) is 15.0 Å². The number of rotatable bonds is 6. The van der Waals surface area contributed by atoms with Crippen molar-refractivity contribution < 1.29 is 23.1 Å². The number of hydrogen-bond acceptors (Lipinski definition) is 4. The Bertz CT molecular complexity index is 1180. The topological polar surface area (TPSA) is 71.2 Å². The van der Waals surface area contributed by atoms with Crippen LogP contribution < -0.4 is 4.90 Å². The van der Waals surface area contributed by atoms with Crippen LogP contribution in [0.4, 0.5) is 19.0 Å². The van der Waals surface area contributed by atoms with Gasteiger partial charge in [-0.2, -0.15) is 18.3 Å². The number of carboxylic acids is 1. The van der Waals surface area contributed by atoms with Gasteiger partial charge in [0.25, 0.3) is 0 Å². The van der Waals surface area contributed by atoms with Gasteiger partial charge < -0.3 is 10.0 Å². The maximum Gasteiger partial charge on any atom is 0.490 e. The molecule has 0 atom stereocenters. The van der Waals surface area contributed by atoms with E-state index in [0.29, 0.717) is 0 Å². The van der Waals surface area contributed by atoms with Crippen LogP contribution in [-0.2, 0) is 11.8 Å². The minimum absolute atomic E-state index is 0.973. The van der Waals surface area contributed by atoms with Crippen LogP contribution in [0.25, 0.3) is 27.6 Å². The molecule has 34 heavy (non-hydrogen) atoms. The molecule has 1 N–H and O–H groups in total. The van der Waals surface area contributed by atoms with Gasteiger partial charge in [-0.3, -0.25) is 4.68 Å². The molecule has 184 valence electrons. The van der Waals surface area contributed by atoms with Crippen LogP contribution in [0.2, 0.25) is 0 Å². The zero-order valence-corrected chi connectivity index (χ0v) is 20.4. The highest BCUT2D eigenvalue weighted by atomic mass is 19.4. The lowest BCUT2D eigenvalue weighted by Gasteiger charge is -2.14. The molecule has 3 aromatic rings. The predicted molar refractivity (Wildman–Crippen MR) is 130 cm³/mol. The number of allylic oxidation sites excluding steroid dienone is 2. The second kappa shape index (κ2) is 11.2. The molecule has 2 heterocycles. The summed E-state index contributed by atoms with van der Waals surface area (Å²) < 4.78 is 33.8. The molecule has 6 nitrogen and oxygen atoms in total. The Morgan fingerprint density at radius 1 is 1.21 bits per heavy atom. The molecule has 3 rings (SSSR count). The summed E-state index contributed by atoms with van der Waals surface area (Å²) in [6.07, 6.45) is 2.47. The summed E-state index contributed by atoms with van der Waals surface area (Å²) in [5.41, 5.74) is 7.19. The van der Waals surface area contributed by atoms with Crippen LogP contribution in [0.1, 0.15) is 44.4 Å². The normalized spacial score (nSPS) is 11.9. The molecule has 0 spiro atoms. The van der Waals surface area contributed by atoms with Crippen molar-refractivity contribution in [3.63, 3.8) is 0 Å². The number of benzene rings is 1. The Balaban J connectivity index is 0.000000509. The highest BCUT2D eigenvalue weighted by molar-refractivity contribution is 6.00. The third-order valence-corrected chi connectivity index (χ3v) is 5.23. The largest absolute Gasteiger partial charge is 0.490 e. The van der Waals surface area contributed by atoms with Gasteiger partial charge in [-0.25, -0.2) is 9.78 Å². The summed E-state index contributed by atoms with van der Waals surface area (Å²) in [6, 6.07) is 8.62. The zero-order chi connectivity index (χ0) is 25.6. The molecule has 0 aliphatic rings. The fourth-order valence-electron chi connectivity index (χ4n) is 3.72. The van der Waals surface area contributed by atoms with Crippen molar-refractivity contribution >= 4 is 28.3 Å². The highest BCUT2D eigenvalue weighted by Crippen LogP contribution is 2.35. The molecule has 0 saturated carbocycles. The van der Waals surface area contributed by atoms with E-state index in [1.165, 1.54) is 22.2 Å². The number of aliphatic carboxylic acids is 1. The molecule has 0 aliphatic heterocycles. The quantitative estimate of drug-likeness (QED) is 0.456. The molecular weight excluding hydrogens is 445 g/mol. The second-order valence-corrected chi connectivity index (χ2v) is 8.12. The molecular formula is C25H31F3N4O2. The summed E-state index contributed by atoms with van der Waals surface area (Å²) in [6.45, 7) is 6.57. The van der Waals surface area contributed by atoms with Gasteiger partial charge in [0, 0.05) is 43.9 Å². The van der Waals surface area contributed by atoms with Crippen molar-refractivity contribution in [3.05, 3.63) is 47.8 Å². The first-order valence-electron chi connectivity index (χ1n) is 11.0. The number of pyridine rings is 1. The maximum atomic E-state index is 10.6. The molecule has 1 aromatic carbocycles. The lowest BCUT2D eigenvalue weighted by atomic mass is 9.97. The summed E-state index contributed by atoms with van der Waals surface area (Å²) in [5.74, 6) is -1.78. The second-order valence-electron chi connectivity index (χ2n) is 8.12. The van der Waals surface area contributed by atoms with Crippen LogP contribution in [0, 0.1) is 6.92 Å². The number of alkyl halides is 3. The first-order chi connectivity index (χ1) is 15.9. The zero-order valence-electron chi connectivity index (χ0n) is 20.4. The number of carboxylic acid groups (broad SMARTS) is 1. The Morgan fingerprint density at radius 2 is 1.85 bits per heavy atom. The van der Waals surface area contributed by atoms with Gasteiger partial charge in [0.1, 0.15) is 11.3 Å². The summed E-state index contributed by atoms with van der Waals surface area (Å²) in [7, 11) is 6.09. The average Bonchev–Trinajstić information content (AvgIpc) is 3.09. The van der Waals surface area contributed by atoms with E-state index in [1.807, 2.05) is 29.9 Å². The molecule has 0 fully saturated rings. The SMILES string of the molecule is CCC=C(CCC)c1c2cccc(-c3cnc(N(C)C)cc3C)c2nn1C.O=C(O)C(F)(F)F. The molecule has 0 amide bonds. The van der Waals surface area contributed by atoms with Gasteiger partial charge in [0.05, 0.1) is 5.69 Å². The number of nitrogens with zero attached hydrogens (tertiary/aromatic N) is 4. The van der Waals surface area contributed by atoms with E-state index in [9.17, 15) is 13.2 Å². The summed E-state index contributed by atoms with van der Waals surface area (Å²) >= 11 is 0. The first kappa shape index (κ1) is 26.9. The molecule has 0 bridgehead atoms. The number of hydrogen-bond donors (Lipinski definition) is 1.